The van der Waals surface area contributed by atoms with Gasteiger partial charge in [-0.15, -0.1) is 23.7 Å². The van der Waals surface area contributed by atoms with Crippen LogP contribution in [0.2, 0.25) is 0 Å². The number of anilines is 1. The molecule has 0 bridgehead atoms. The second-order valence-corrected chi connectivity index (χ2v) is 8.06. The molecule has 1 amide bonds. The number of thiophene rings is 1. The molecule has 2 atom stereocenters. The number of nitrogens with zero attached hydrogens (tertiary/aromatic N) is 2. The Morgan fingerprint density at radius 1 is 1.50 bits per heavy atom. The van der Waals surface area contributed by atoms with Crippen LogP contribution in [0.5, 0.6) is 0 Å². The fourth-order valence-corrected chi connectivity index (χ4v) is 4.26. The van der Waals surface area contributed by atoms with Gasteiger partial charge in [0.1, 0.15) is 6.07 Å². The lowest BCUT2D eigenvalue weighted by Crippen LogP contribution is -2.48. The summed E-state index contributed by atoms with van der Waals surface area (Å²) in [5, 5.41) is 14.8. The lowest BCUT2D eigenvalue weighted by molar-refractivity contribution is -0.120. The van der Waals surface area contributed by atoms with Gasteiger partial charge in [-0.3, -0.25) is 4.79 Å². The highest BCUT2D eigenvalue weighted by Crippen LogP contribution is 2.27. The summed E-state index contributed by atoms with van der Waals surface area (Å²) in [7, 11) is 0. The van der Waals surface area contributed by atoms with E-state index < -0.39 is 0 Å². The number of carbonyl (C=O) groups excluding carboxylic acids is 1. The highest BCUT2D eigenvalue weighted by Gasteiger charge is 2.28. The Morgan fingerprint density at radius 2 is 2.31 bits per heavy atom. The predicted molar refractivity (Wildman–Crippen MR) is 111 cm³/mol. The summed E-state index contributed by atoms with van der Waals surface area (Å²) in [5.74, 6) is -0.326. The largest absolute Gasteiger partial charge is 0.369 e. The summed E-state index contributed by atoms with van der Waals surface area (Å²) < 4.78 is 0.895. The Hall–Kier alpha value is -1.59. The maximum atomic E-state index is 11.8. The lowest BCUT2D eigenvalue weighted by Gasteiger charge is -2.22. The number of halogens is 2. The number of primary amides is 1. The van der Waals surface area contributed by atoms with Gasteiger partial charge in [0.15, 0.2) is 0 Å². The highest BCUT2D eigenvalue weighted by molar-refractivity contribution is 9.10. The zero-order chi connectivity index (χ0) is 17.8. The van der Waals surface area contributed by atoms with E-state index in [4.69, 9.17) is 5.73 Å². The third-order valence-corrected chi connectivity index (χ3v) is 5.77. The van der Waals surface area contributed by atoms with Gasteiger partial charge >= 0.3 is 0 Å². The number of nitrogens with two attached hydrogens (primary N) is 1. The normalized spacial score (nSPS) is 17.4. The van der Waals surface area contributed by atoms with Crippen LogP contribution >= 0.6 is 39.7 Å². The van der Waals surface area contributed by atoms with Crippen LogP contribution in [-0.2, 0) is 11.2 Å². The SMILES string of the molecule is Cl.N#Cc1cc(Br)ccc1N1CC[C@H](N[C@@H](Cc2cccs2)C(N)=O)C1. The second kappa shape index (κ2) is 9.38. The number of hydrogen-bond acceptors (Lipinski definition) is 5. The van der Waals surface area contributed by atoms with Crippen LogP contribution in [0.1, 0.15) is 16.9 Å². The van der Waals surface area contributed by atoms with Crippen LogP contribution in [0.25, 0.3) is 0 Å². The monoisotopic (exact) mass is 454 g/mol. The number of benzene rings is 1. The van der Waals surface area contributed by atoms with Gasteiger partial charge in [0.2, 0.25) is 5.91 Å². The molecule has 26 heavy (non-hydrogen) atoms. The zero-order valence-electron chi connectivity index (χ0n) is 14.0. The van der Waals surface area contributed by atoms with E-state index in [1.54, 1.807) is 11.3 Å². The van der Waals surface area contributed by atoms with Gasteiger partial charge in [-0.1, -0.05) is 22.0 Å². The van der Waals surface area contributed by atoms with Gasteiger partial charge in [-0.2, -0.15) is 5.26 Å². The molecule has 3 rings (SSSR count). The Balaban J connectivity index is 0.00000243. The van der Waals surface area contributed by atoms with Crippen molar-refractivity contribution in [2.24, 2.45) is 5.73 Å². The molecule has 2 aromatic rings. The van der Waals surface area contributed by atoms with Crippen LogP contribution in [0, 0.1) is 11.3 Å². The lowest BCUT2D eigenvalue weighted by atomic mass is 10.1. The minimum atomic E-state index is -0.371. The third-order valence-electron chi connectivity index (χ3n) is 4.37. The molecule has 1 saturated heterocycles. The average molecular weight is 456 g/mol. The number of hydrogen-bond donors (Lipinski definition) is 2. The molecule has 2 heterocycles. The number of amides is 1. The van der Waals surface area contributed by atoms with Crippen molar-refractivity contribution in [3.8, 4) is 6.07 Å². The molecule has 1 fully saturated rings. The van der Waals surface area contributed by atoms with Crippen molar-refractivity contribution >= 4 is 51.3 Å². The van der Waals surface area contributed by atoms with Crippen molar-refractivity contribution < 1.29 is 4.79 Å². The summed E-state index contributed by atoms with van der Waals surface area (Å²) in [6, 6.07) is 11.8. The second-order valence-electron chi connectivity index (χ2n) is 6.11. The van der Waals surface area contributed by atoms with Crippen molar-refractivity contribution in [3.05, 3.63) is 50.6 Å². The number of nitriles is 1. The smallest absolute Gasteiger partial charge is 0.234 e. The molecule has 3 N–H and O–H groups in total. The standard InChI is InChI=1S/C18H19BrN4OS.ClH/c19-13-3-4-17(12(8-13)10-20)23-6-5-14(11-23)22-16(18(21)24)9-15-2-1-7-25-15;/h1-4,7-8,14,16,22H,5-6,9,11H2,(H2,21,24);1H/t14-,16-;/m0./s1. The molecule has 0 spiro atoms. The Morgan fingerprint density at radius 3 is 2.96 bits per heavy atom. The van der Waals surface area contributed by atoms with Crippen LogP contribution in [-0.4, -0.2) is 31.1 Å². The van der Waals surface area contributed by atoms with E-state index in [9.17, 15) is 10.1 Å². The number of nitrogens with one attached hydrogen (secondary N) is 1. The van der Waals surface area contributed by atoms with Gasteiger partial charge in [-0.25, -0.2) is 0 Å². The van der Waals surface area contributed by atoms with E-state index >= 15 is 0 Å². The van der Waals surface area contributed by atoms with Gasteiger partial charge in [0, 0.05) is 34.9 Å². The van der Waals surface area contributed by atoms with Gasteiger partial charge in [0.05, 0.1) is 17.3 Å². The quantitative estimate of drug-likeness (QED) is 0.701. The van der Waals surface area contributed by atoms with E-state index in [2.05, 4.69) is 32.2 Å². The topological polar surface area (TPSA) is 82.2 Å². The van der Waals surface area contributed by atoms with E-state index in [1.807, 2.05) is 35.7 Å². The molecule has 0 radical (unpaired) electrons. The summed E-state index contributed by atoms with van der Waals surface area (Å²) in [6.45, 7) is 1.60. The number of rotatable bonds is 6. The van der Waals surface area contributed by atoms with E-state index in [1.165, 1.54) is 0 Å². The first-order valence-electron chi connectivity index (χ1n) is 8.09. The van der Waals surface area contributed by atoms with Gasteiger partial charge < -0.3 is 16.0 Å². The molecule has 138 valence electrons. The van der Waals surface area contributed by atoms with Crippen LogP contribution in [0.4, 0.5) is 5.69 Å². The molecule has 5 nitrogen and oxygen atoms in total. The molecular formula is C18H20BrClN4OS. The molecule has 1 aromatic heterocycles. The van der Waals surface area contributed by atoms with Crippen molar-refractivity contribution in [3.63, 3.8) is 0 Å². The maximum absolute atomic E-state index is 11.8. The first kappa shape index (κ1) is 20.7. The summed E-state index contributed by atoms with van der Waals surface area (Å²) in [4.78, 5) is 15.1. The molecule has 1 aliphatic rings. The summed E-state index contributed by atoms with van der Waals surface area (Å²) in [5.41, 5.74) is 7.17. The number of carbonyl (C=O) groups is 1. The predicted octanol–water partition coefficient (Wildman–Crippen LogP) is 3.07. The first-order chi connectivity index (χ1) is 12.1. The highest BCUT2D eigenvalue weighted by atomic mass is 79.9. The molecular weight excluding hydrogens is 436 g/mol. The van der Waals surface area contributed by atoms with Crippen LogP contribution in [0.15, 0.2) is 40.2 Å². The average Bonchev–Trinajstić information content (AvgIpc) is 3.26. The first-order valence-corrected chi connectivity index (χ1v) is 9.76. The summed E-state index contributed by atoms with van der Waals surface area (Å²) >= 11 is 5.03. The Kier molecular flexibility index (Phi) is 7.47. The van der Waals surface area contributed by atoms with Crippen molar-refractivity contribution in [2.45, 2.75) is 24.9 Å². The molecule has 0 saturated carbocycles. The van der Waals surface area contributed by atoms with Gasteiger partial charge in [-0.05, 0) is 36.1 Å². The third kappa shape index (κ3) is 4.98. The molecule has 0 unspecified atom stereocenters. The van der Waals surface area contributed by atoms with E-state index in [0.29, 0.717) is 12.0 Å². The molecule has 1 aromatic carbocycles. The minimum absolute atomic E-state index is 0. The maximum Gasteiger partial charge on any atom is 0.234 e. The summed E-state index contributed by atoms with van der Waals surface area (Å²) in [6.07, 6.45) is 1.53. The van der Waals surface area contributed by atoms with Crippen molar-refractivity contribution in [2.75, 3.05) is 18.0 Å². The van der Waals surface area contributed by atoms with E-state index in [-0.39, 0.29) is 30.4 Å². The molecule has 1 aliphatic heterocycles. The Bertz CT molecular complexity index is 793. The molecule has 8 heteroatoms. The fourth-order valence-electron chi connectivity index (χ4n) is 3.14. The van der Waals surface area contributed by atoms with Gasteiger partial charge in [0.25, 0.3) is 0 Å². The van der Waals surface area contributed by atoms with Crippen molar-refractivity contribution in [1.82, 2.24) is 5.32 Å². The fraction of sp³-hybridized carbons (Fsp3) is 0.333. The van der Waals surface area contributed by atoms with E-state index in [0.717, 1.165) is 34.5 Å². The Labute approximate surface area is 171 Å². The minimum Gasteiger partial charge on any atom is -0.369 e. The van der Waals surface area contributed by atoms with Crippen LogP contribution < -0.4 is 16.0 Å². The zero-order valence-corrected chi connectivity index (χ0v) is 17.2. The van der Waals surface area contributed by atoms with Crippen molar-refractivity contribution in [1.29, 1.82) is 5.26 Å². The van der Waals surface area contributed by atoms with Crippen LogP contribution in [0.3, 0.4) is 0 Å². The molecule has 0 aliphatic carbocycles.